The molecule has 0 N–H and O–H groups in total. The van der Waals surface area contributed by atoms with Gasteiger partial charge in [-0.1, -0.05) is 42.2 Å². The minimum Gasteiger partial charge on any atom is -0.493 e. The van der Waals surface area contributed by atoms with Crippen LogP contribution < -0.4 is 10.5 Å². The molecule has 2 aromatic heterocycles. The largest absolute Gasteiger partial charge is 0.493 e. The predicted octanol–water partition coefficient (Wildman–Crippen LogP) is 6.80. The van der Waals surface area contributed by atoms with Crippen LogP contribution in [0.3, 0.4) is 0 Å². The van der Waals surface area contributed by atoms with Gasteiger partial charge in [0.2, 0.25) is 0 Å². The lowest BCUT2D eigenvalue weighted by Gasteiger charge is -2.09. The van der Waals surface area contributed by atoms with E-state index < -0.39 is 17.5 Å². The molecule has 0 fully saturated rings. The molecule has 0 amide bonds. The third-order valence-electron chi connectivity index (χ3n) is 5.59. The van der Waals surface area contributed by atoms with Gasteiger partial charge in [-0.3, -0.25) is 9.09 Å². The second-order valence-electron chi connectivity index (χ2n) is 8.14. The van der Waals surface area contributed by atoms with Crippen LogP contribution in [0.5, 0.6) is 5.75 Å². The van der Waals surface area contributed by atoms with Gasteiger partial charge in [0, 0.05) is 29.5 Å². The lowest BCUT2D eigenvalue weighted by Crippen LogP contribution is -2.10. The normalized spacial score (nSPS) is 11.7. The van der Waals surface area contributed by atoms with Crippen LogP contribution in [-0.2, 0) is 26.1 Å². The van der Waals surface area contributed by atoms with Gasteiger partial charge in [0.15, 0.2) is 5.82 Å². The van der Waals surface area contributed by atoms with E-state index in [-0.39, 0.29) is 0 Å². The number of aryl methyl sites for hydroxylation is 1. The molecule has 4 rings (SSSR count). The van der Waals surface area contributed by atoms with E-state index in [1.807, 2.05) is 0 Å². The molecule has 0 atom stereocenters. The number of hydrogen-bond donors (Lipinski definition) is 0. The van der Waals surface area contributed by atoms with E-state index in [9.17, 15) is 18.0 Å². The van der Waals surface area contributed by atoms with Gasteiger partial charge in [-0.15, -0.1) is 11.3 Å². The summed E-state index contributed by atoms with van der Waals surface area (Å²) >= 11 is 7.85. The summed E-state index contributed by atoms with van der Waals surface area (Å²) in [7, 11) is 1.54. The molecule has 4 aromatic rings. The molecule has 2 heterocycles. The highest BCUT2D eigenvalue weighted by Gasteiger charge is 2.30. The first-order chi connectivity index (χ1) is 17.2. The first kappa shape index (κ1) is 26.0. The highest BCUT2D eigenvalue weighted by Crippen LogP contribution is 2.34. The Balaban J connectivity index is 1.47. The van der Waals surface area contributed by atoms with Gasteiger partial charge in [-0.2, -0.15) is 13.2 Å². The molecule has 6 nitrogen and oxygen atoms in total. The quantitative estimate of drug-likeness (QED) is 0.235. The Labute approximate surface area is 214 Å². The van der Waals surface area contributed by atoms with Crippen molar-refractivity contribution in [1.29, 1.82) is 0 Å². The predicted molar refractivity (Wildman–Crippen MR) is 133 cm³/mol. The number of hydrogen-bond acceptors (Lipinski definition) is 6. The summed E-state index contributed by atoms with van der Waals surface area (Å²) in [5, 5.41) is 4.80. The summed E-state index contributed by atoms with van der Waals surface area (Å²) < 4.78 is 50.5. The molecule has 0 aliphatic carbocycles. The van der Waals surface area contributed by atoms with Crippen LogP contribution in [-0.4, -0.2) is 21.3 Å². The van der Waals surface area contributed by atoms with Crippen molar-refractivity contribution in [2.24, 2.45) is 7.05 Å². The number of halogens is 4. The van der Waals surface area contributed by atoms with E-state index >= 15 is 0 Å². The SMILES string of the molecule is CCCCc1nc(-c2ccc(C(F)(F)F)cc2)sc1CCOc1ccc(-c2noc(=O)n2C)c(Cl)c1. The molecule has 2 aromatic carbocycles. The van der Waals surface area contributed by atoms with Crippen molar-refractivity contribution in [3.8, 4) is 27.7 Å². The summed E-state index contributed by atoms with van der Waals surface area (Å²) in [6.45, 7) is 2.46. The maximum absolute atomic E-state index is 12.9. The van der Waals surface area contributed by atoms with E-state index in [2.05, 4.69) is 16.6 Å². The zero-order valence-corrected chi connectivity index (χ0v) is 21.1. The third-order valence-corrected chi connectivity index (χ3v) is 7.10. The highest BCUT2D eigenvalue weighted by atomic mass is 35.5. The minimum atomic E-state index is -4.37. The fourth-order valence-corrected chi connectivity index (χ4v) is 4.94. The van der Waals surface area contributed by atoms with Gasteiger partial charge in [0.25, 0.3) is 0 Å². The zero-order chi connectivity index (χ0) is 25.9. The van der Waals surface area contributed by atoms with Crippen LogP contribution in [0.4, 0.5) is 13.2 Å². The summed E-state index contributed by atoms with van der Waals surface area (Å²) in [5.74, 6) is 0.290. The topological polar surface area (TPSA) is 70.2 Å². The average Bonchev–Trinajstić information content (AvgIpc) is 3.40. The molecule has 11 heteroatoms. The standard InChI is InChI=1S/C25H23ClF3N3O3S/c1-3-4-5-20-21(36-23(30-20)15-6-8-16(9-7-15)25(27,28)29)12-13-34-17-10-11-18(19(26)14-17)22-31-35-24(33)32(22)2/h6-11,14H,3-5,12-13H2,1-2H3. The van der Waals surface area contributed by atoms with Crippen LogP contribution >= 0.6 is 22.9 Å². The summed E-state index contributed by atoms with van der Waals surface area (Å²) in [4.78, 5) is 17.3. The van der Waals surface area contributed by atoms with Crippen molar-refractivity contribution in [2.75, 3.05) is 6.61 Å². The van der Waals surface area contributed by atoms with E-state index in [1.165, 1.54) is 28.0 Å². The minimum absolute atomic E-state index is 0.317. The van der Waals surface area contributed by atoms with Crippen LogP contribution in [0, 0.1) is 0 Å². The number of thiazole rings is 1. The lowest BCUT2D eigenvalue weighted by molar-refractivity contribution is -0.137. The van der Waals surface area contributed by atoms with Crippen LogP contribution in [0.15, 0.2) is 51.8 Å². The molecular weight excluding hydrogens is 515 g/mol. The van der Waals surface area contributed by atoms with Crippen molar-refractivity contribution in [2.45, 2.75) is 38.8 Å². The van der Waals surface area contributed by atoms with Crippen molar-refractivity contribution >= 4 is 22.9 Å². The Morgan fingerprint density at radius 1 is 1.14 bits per heavy atom. The van der Waals surface area contributed by atoms with Crippen LogP contribution in [0.25, 0.3) is 22.0 Å². The van der Waals surface area contributed by atoms with E-state index in [4.69, 9.17) is 21.3 Å². The molecule has 190 valence electrons. The first-order valence-corrected chi connectivity index (χ1v) is 12.5. The highest BCUT2D eigenvalue weighted by molar-refractivity contribution is 7.15. The summed E-state index contributed by atoms with van der Waals surface area (Å²) in [5.41, 5.74) is 1.46. The Morgan fingerprint density at radius 3 is 2.50 bits per heavy atom. The van der Waals surface area contributed by atoms with Crippen molar-refractivity contribution in [3.05, 3.63) is 74.2 Å². The number of alkyl halides is 3. The molecule has 36 heavy (non-hydrogen) atoms. The van der Waals surface area contributed by atoms with Gasteiger partial charge in [-0.25, -0.2) is 9.78 Å². The molecule has 0 saturated carbocycles. The third kappa shape index (κ3) is 5.82. The Kier molecular flexibility index (Phi) is 7.85. The van der Waals surface area contributed by atoms with Crippen LogP contribution in [0.2, 0.25) is 5.02 Å². The number of aromatic nitrogens is 3. The smallest absolute Gasteiger partial charge is 0.441 e. The number of rotatable bonds is 9. The summed E-state index contributed by atoms with van der Waals surface area (Å²) in [6.07, 6.45) is -1.02. The first-order valence-electron chi connectivity index (χ1n) is 11.3. The molecule has 0 unspecified atom stereocenters. The van der Waals surface area contributed by atoms with Crippen molar-refractivity contribution < 1.29 is 22.4 Å². The van der Waals surface area contributed by atoms with Crippen molar-refractivity contribution in [1.82, 2.24) is 14.7 Å². The number of benzene rings is 2. The van der Waals surface area contributed by atoms with Crippen LogP contribution in [0.1, 0.15) is 35.9 Å². The van der Waals surface area contributed by atoms with E-state index in [0.29, 0.717) is 45.8 Å². The molecule has 0 bridgehead atoms. The zero-order valence-electron chi connectivity index (χ0n) is 19.6. The second-order valence-corrected chi connectivity index (χ2v) is 9.63. The van der Waals surface area contributed by atoms with Gasteiger partial charge >= 0.3 is 11.9 Å². The fraction of sp³-hybridized carbons (Fsp3) is 0.320. The molecule has 0 saturated heterocycles. The van der Waals surface area contributed by atoms with Gasteiger partial charge in [0.05, 0.1) is 22.9 Å². The molecule has 0 radical (unpaired) electrons. The summed E-state index contributed by atoms with van der Waals surface area (Å²) in [6, 6.07) is 10.2. The molecule has 0 spiro atoms. The lowest BCUT2D eigenvalue weighted by atomic mass is 10.1. The Hall–Kier alpha value is -3.11. The fourth-order valence-electron chi connectivity index (χ4n) is 3.59. The average molecular weight is 538 g/mol. The number of nitrogens with zero attached hydrogens (tertiary/aromatic N) is 3. The molecular formula is C25H23ClF3N3O3S. The molecule has 0 aliphatic rings. The number of unbranched alkanes of at least 4 members (excludes halogenated alkanes) is 1. The monoisotopic (exact) mass is 537 g/mol. The second kappa shape index (κ2) is 10.9. The van der Waals surface area contributed by atoms with Gasteiger partial charge < -0.3 is 4.74 Å². The van der Waals surface area contributed by atoms with E-state index in [1.54, 1.807) is 25.2 Å². The van der Waals surface area contributed by atoms with Crippen molar-refractivity contribution in [3.63, 3.8) is 0 Å². The molecule has 0 aliphatic heterocycles. The number of ether oxygens (including phenoxy) is 1. The maximum atomic E-state index is 12.9. The maximum Gasteiger partial charge on any atom is 0.441 e. The van der Waals surface area contributed by atoms with Gasteiger partial charge in [-0.05, 0) is 43.2 Å². The van der Waals surface area contributed by atoms with Gasteiger partial charge in [0.1, 0.15) is 10.8 Å². The van der Waals surface area contributed by atoms with E-state index in [0.717, 1.165) is 42.0 Å². The Morgan fingerprint density at radius 2 is 1.89 bits per heavy atom. The Bertz CT molecular complexity index is 1390.